The Bertz CT molecular complexity index is 1090. The number of likely N-dealkylation sites (tertiary alicyclic amines) is 1. The molecule has 0 bridgehead atoms. The number of fused-ring (bicyclic) bond motifs is 1. The highest BCUT2D eigenvalue weighted by Crippen LogP contribution is 2.45. The molecular formula is C23H26F3N5O2. The molecule has 7 nitrogen and oxygen atoms in total. The second-order valence-electron chi connectivity index (χ2n) is 9.02. The Morgan fingerprint density at radius 2 is 2.09 bits per heavy atom. The molecule has 1 aromatic carbocycles. The van der Waals surface area contributed by atoms with Gasteiger partial charge in [-0.25, -0.2) is 0 Å². The number of nitrogens with zero attached hydrogens (tertiary/aromatic N) is 5. The van der Waals surface area contributed by atoms with Crippen molar-refractivity contribution in [2.24, 2.45) is 18.4 Å². The van der Waals surface area contributed by atoms with Crippen molar-refractivity contribution in [2.75, 3.05) is 44.8 Å². The molecule has 176 valence electrons. The molecule has 2 aliphatic rings. The SMILES string of the molecule is COC[C@@]12CN(C(=O)c3cc(C)n(C)n3)CC[C@@H]1CN(c1ccc(C#N)c(C(F)(F)F)c1)C2. The Kier molecular flexibility index (Phi) is 5.86. The van der Waals surface area contributed by atoms with Crippen molar-refractivity contribution in [2.45, 2.75) is 19.5 Å². The van der Waals surface area contributed by atoms with E-state index < -0.39 is 22.7 Å². The fourth-order valence-electron chi connectivity index (χ4n) is 5.14. The number of piperidine rings is 1. The van der Waals surface area contributed by atoms with E-state index in [9.17, 15) is 18.0 Å². The summed E-state index contributed by atoms with van der Waals surface area (Å²) in [6, 6.07) is 7.22. The highest BCUT2D eigenvalue weighted by atomic mass is 19.4. The molecule has 0 N–H and O–H groups in total. The average molecular weight is 461 g/mol. The minimum atomic E-state index is -4.61. The van der Waals surface area contributed by atoms with Crippen molar-refractivity contribution in [1.82, 2.24) is 14.7 Å². The zero-order valence-corrected chi connectivity index (χ0v) is 18.8. The quantitative estimate of drug-likeness (QED) is 0.699. The number of carbonyl (C=O) groups excluding carboxylic acids is 1. The number of hydrogen-bond donors (Lipinski definition) is 0. The number of alkyl halides is 3. The summed E-state index contributed by atoms with van der Waals surface area (Å²) in [5, 5.41) is 13.4. The van der Waals surface area contributed by atoms with E-state index in [2.05, 4.69) is 5.10 Å². The molecular weight excluding hydrogens is 435 g/mol. The van der Waals surface area contributed by atoms with Gasteiger partial charge in [-0.05, 0) is 43.5 Å². The maximum absolute atomic E-state index is 13.5. The van der Waals surface area contributed by atoms with Crippen molar-refractivity contribution in [3.8, 4) is 6.07 Å². The summed E-state index contributed by atoms with van der Waals surface area (Å²) in [4.78, 5) is 16.8. The number of halogens is 3. The number of aryl methyl sites for hydroxylation is 2. The molecule has 3 heterocycles. The van der Waals surface area contributed by atoms with E-state index in [0.29, 0.717) is 44.2 Å². The van der Waals surface area contributed by atoms with Gasteiger partial charge in [0, 0.05) is 57.1 Å². The molecule has 2 aromatic rings. The van der Waals surface area contributed by atoms with Crippen molar-refractivity contribution in [3.63, 3.8) is 0 Å². The minimum absolute atomic E-state index is 0.149. The number of amides is 1. The third kappa shape index (κ3) is 4.17. The van der Waals surface area contributed by atoms with Crippen LogP contribution in [0.15, 0.2) is 24.3 Å². The van der Waals surface area contributed by atoms with E-state index in [1.54, 1.807) is 41.9 Å². The summed E-state index contributed by atoms with van der Waals surface area (Å²) in [5.74, 6) is 0.0146. The molecule has 0 unspecified atom stereocenters. The van der Waals surface area contributed by atoms with E-state index >= 15 is 0 Å². The topological polar surface area (TPSA) is 74.4 Å². The van der Waals surface area contributed by atoms with Crippen LogP contribution in [0.5, 0.6) is 0 Å². The second kappa shape index (κ2) is 8.37. The van der Waals surface area contributed by atoms with E-state index in [0.717, 1.165) is 18.2 Å². The third-order valence-corrected chi connectivity index (χ3v) is 6.91. The number of methoxy groups -OCH3 is 1. The predicted molar refractivity (Wildman–Crippen MR) is 115 cm³/mol. The Balaban J connectivity index is 1.60. The van der Waals surface area contributed by atoms with Crippen LogP contribution < -0.4 is 4.90 Å². The van der Waals surface area contributed by atoms with Crippen LogP contribution in [0, 0.1) is 29.6 Å². The number of benzene rings is 1. The van der Waals surface area contributed by atoms with Crippen molar-refractivity contribution in [1.29, 1.82) is 5.26 Å². The van der Waals surface area contributed by atoms with Crippen LogP contribution in [-0.4, -0.2) is 60.5 Å². The highest BCUT2D eigenvalue weighted by Gasteiger charge is 2.51. The molecule has 2 saturated heterocycles. The van der Waals surface area contributed by atoms with Crippen LogP contribution in [0.4, 0.5) is 18.9 Å². The zero-order chi connectivity index (χ0) is 24.0. The number of ether oxygens (including phenoxy) is 1. The molecule has 4 rings (SSSR count). The maximum Gasteiger partial charge on any atom is 0.417 e. The Morgan fingerprint density at radius 3 is 2.70 bits per heavy atom. The maximum atomic E-state index is 13.5. The molecule has 10 heteroatoms. The number of anilines is 1. The van der Waals surface area contributed by atoms with Gasteiger partial charge >= 0.3 is 6.18 Å². The van der Waals surface area contributed by atoms with Gasteiger partial charge in [0.1, 0.15) is 0 Å². The number of carbonyl (C=O) groups is 1. The Labute approximate surface area is 190 Å². The van der Waals surface area contributed by atoms with Crippen molar-refractivity contribution < 1.29 is 22.7 Å². The smallest absolute Gasteiger partial charge is 0.384 e. The van der Waals surface area contributed by atoms with Crippen LogP contribution in [-0.2, 0) is 18.0 Å². The summed E-state index contributed by atoms with van der Waals surface area (Å²) >= 11 is 0. The van der Waals surface area contributed by atoms with Gasteiger partial charge in [0.05, 0.1) is 23.8 Å². The minimum Gasteiger partial charge on any atom is -0.384 e. The number of rotatable bonds is 4. The van der Waals surface area contributed by atoms with Gasteiger partial charge in [-0.3, -0.25) is 9.48 Å². The monoisotopic (exact) mass is 461 g/mol. The van der Waals surface area contributed by atoms with Gasteiger partial charge in [-0.1, -0.05) is 0 Å². The van der Waals surface area contributed by atoms with Crippen molar-refractivity contribution in [3.05, 3.63) is 46.8 Å². The lowest BCUT2D eigenvalue weighted by Gasteiger charge is -2.43. The lowest BCUT2D eigenvalue weighted by molar-refractivity contribution is -0.137. The molecule has 33 heavy (non-hydrogen) atoms. The van der Waals surface area contributed by atoms with E-state index in [1.165, 1.54) is 6.07 Å². The summed E-state index contributed by atoms with van der Waals surface area (Å²) in [5.41, 5.74) is -0.0357. The van der Waals surface area contributed by atoms with Gasteiger partial charge in [-0.2, -0.15) is 23.5 Å². The third-order valence-electron chi connectivity index (χ3n) is 6.91. The molecule has 0 spiro atoms. The molecule has 0 radical (unpaired) electrons. The van der Waals surface area contributed by atoms with Crippen molar-refractivity contribution >= 4 is 11.6 Å². The highest BCUT2D eigenvalue weighted by molar-refractivity contribution is 5.92. The lowest BCUT2D eigenvalue weighted by atomic mass is 9.74. The van der Waals surface area contributed by atoms with Gasteiger partial charge < -0.3 is 14.5 Å². The first kappa shape index (κ1) is 23.1. The van der Waals surface area contributed by atoms with Gasteiger partial charge in [-0.15, -0.1) is 0 Å². The fraction of sp³-hybridized carbons (Fsp3) is 0.522. The molecule has 0 aliphatic carbocycles. The van der Waals surface area contributed by atoms with Crippen LogP contribution in [0.3, 0.4) is 0 Å². The molecule has 0 saturated carbocycles. The first-order valence-electron chi connectivity index (χ1n) is 10.7. The Hall–Kier alpha value is -3.06. The Morgan fingerprint density at radius 1 is 1.33 bits per heavy atom. The van der Waals surface area contributed by atoms with Gasteiger partial charge in [0.15, 0.2) is 5.69 Å². The number of nitriles is 1. The first-order chi connectivity index (χ1) is 15.6. The molecule has 1 amide bonds. The summed E-state index contributed by atoms with van der Waals surface area (Å²) in [6.07, 6.45) is -3.89. The van der Waals surface area contributed by atoms with E-state index in [-0.39, 0.29) is 11.8 Å². The van der Waals surface area contributed by atoms with E-state index in [1.807, 2.05) is 11.8 Å². The average Bonchev–Trinajstić information content (AvgIpc) is 3.31. The molecule has 2 atom stereocenters. The summed E-state index contributed by atoms with van der Waals surface area (Å²) < 4.78 is 47.6. The largest absolute Gasteiger partial charge is 0.417 e. The van der Waals surface area contributed by atoms with Gasteiger partial charge in [0.25, 0.3) is 5.91 Å². The van der Waals surface area contributed by atoms with Gasteiger partial charge in [0.2, 0.25) is 0 Å². The van der Waals surface area contributed by atoms with Crippen LogP contribution in [0.1, 0.15) is 33.7 Å². The van der Waals surface area contributed by atoms with Crippen LogP contribution in [0.25, 0.3) is 0 Å². The van der Waals surface area contributed by atoms with E-state index in [4.69, 9.17) is 10.00 Å². The number of aromatic nitrogens is 2. The fourth-order valence-corrected chi connectivity index (χ4v) is 5.14. The molecule has 2 aliphatic heterocycles. The molecule has 1 aromatic heterocycles. The summed E-state index contributed by atoms with van der Waals surface area (Å²) in [7, 11) is 3.38. The molecule has 2 fully saturated rings. The van der Waals surface area contributed by atoms with Crippen LogP contribution >= 0.6 is 0 Å². The lowest BCUT2D eigenvalue weighted by Crippen LogP contribution is -2.53. The summed E-state index contributed by atoms with van der Waals surface area (Å²) in [6.45, 7) is 4.29. The predicted octanol–water partition coefficient (Wildman–Crippen LogP) is 3.23. The zero-order valence-electron chi connectivity index (χ0n) is 18.8. The number of hydrogen-bond acceptors (Lipinski definition) is 5. The first-order valence-corrected chi connectivity index (χ1v) is 10.7. The van der Waals surface area contributed by atoms with Crippen LogP contribution in [0.2, 0.25) is 0 Å². The normalized spacial score (nSPS) is 22.9. The second-order valence-corrected chi connectivity index (χ2v) is 9.02. The standard InChI is InChI=1S/C23H26F3N5O2/c1-15-8-20(28-29(15)2)21(32)30-7-6-17-11-31(13-22(17,12-30)14-33-3)18-5-4-16(10-27)19(9-18)23(24,25)26/h4-5,8-9,17H,6-7,11-14H2,1-3H3/t17-,22+/m1/s1.